The summed E-state index contributed by atoms with van der Waals surface area (Å²) >= 11 is 5.85. The molecule has 0 radical (unpaired) electrons. The Hall–Kier alpha value is -2.17. The molecule has 0 saturated heterocycles. The third-order valence-corrected chi connectivity index (χ3v) is 5.46. The standard InChI is InChI=1S/C18H21ClF5N5O/c1-9-14(19)15(16(20)21)27-29(9)10(2)17(30)25-6-3-7-28-12(11-4-5-11)8-13(26-28)18(22,23)24/h8,10-11,16H,3-7H2,1-2H3,(H,25,30)/t10-/m0/s1. The number of aromatic nitrogens is 4. The molecule has 0 bridgehead atoms. The van der Waals surface area contributed by atoms with E-state index in [9.17, 15) is 26.7 Å². The Bertz CT molecular complexity index is 919. The Kier molecular flexibility index (Phi) is 6.40. The molecule has 1 amide bonds. The highest BCUT2D eigenvalue weighted by Gasteiger charge is 2.37. The van der Waals surface area contributed by atoms with Crippen LogP contribution in [0, 0.1) is 6.92 Å². The summed E-state index contributed by atoms with van der Waals surface area (Å²) in [7, 11) is 0. The molecule has 166 valence electrons. The molecule has 1 atom stereocenters. The molecule has 12 heteroatoms. The van der Waals surface area contributed by atoms with E-state index in [0.717, 1.165) is 23.6 Å². The van der Waals surface area contributed by atoms with Crippen molar-refractivity contribution in [3.63, 3.8) is 0 Å². The quantitative estimate of drug-likeness (QED) is 0.467. The smallest absolute Gasteiger partial charge is 0.354 e. The molecule has 1 N–H and O–H groups in total. The number of rotatable bonds is 8. The molecule has 1 saturated carbocycles. The second kappa shape index (κ2) is 8.52. The van der Waals surface area contributed by atoms with Crippen molar-refractivity contribution in [3.05, 3.63) is 33.9 Å². The Morgan fingerprint density at radius 1 is 1.33 bits per heavy atom. The molecule has 0 aliphatic heterocycles. The zero-order valence-corrected chi connectivity index (χ0v) is 17.1. The van der Waals surface area contributed by atoms with Crippen molar-refractivity contribution in [1.82, 2.24) is 24.9 Å². The lowest BCUT2D eigenvalue weighted by Gasteiger charge is -2.15. The minimum Gasteiger partial charge on any atom is -0.354 e. The van der Waals surface area contributed by atoms with Gasteiger partial charge in [0.05, 0.1) is 10.7 Å². The molecule has 2 aromatic heterocycles. The van der Waals surface area contributed by atoms with Crippen LogP contribution >= 0.6 is 11.6 Å². The number of carbonyl (C=O) groups is 1. The van der Waals surface area contributed by atoms with Crippen molar-refractivity contribution in [2.75, 3.05) is 6.54 Å². The third kappa shape index (κ3) is 4.76. The number of nitrogens with one attached hydrogen (secondary N) is 1. The van der Waals surface area contributed by atoms with Crippen LogP contribution in [0.15, 0.2) is 6.07 Å². The van der Waals surface area contributed by atoms with Crippen LogP contribution in [0.3, 0.4) is 0 Å². The summed E-state index contributed by atoms with van der Waals surface area (Å²) in [5, 5.41) is 9.84. The topological polar surface area (TPSA) is 64.7 Å². The van der Waals surface area contributed by atoms with Gasteiger partial charge in [0.1, 0.15) is 11.7 Å². The molecule has 1 fully saturated rings. The molecule has 1 aliphatic carbocycles. The van der Waals surface area contributed by atoms with Crippen molar-refractivity contribution in [2.24, 2.45) is 0 Å². The normalized spacial score (nSPS) is 15.6. The van der Waals surface area contributed by atoms with Gasteiger partial charge >= 0.3 is 6.18 Å². The number of hydrogen-bond acceptors (Lipinski definition) is 3. The van der Waals surface area contributed by atoms with Crippen LogP contribution in [-0.2, 0) is 17.5 Å². The van der Waals surface area contributed by atoms with E-state index in [1.54, 1.807) is 0 Å². The molecule has 1 aliphatic rings. The monoisotopic (exact) mass is 453 g/mol. The first-order valence-corrected chi connectivity index (χ1v) is 9.83. The van der Waals surface area contributed by atoms with Gasteiger partial charge in [-0.3, -0.25) is 14.2 Å². The van der Waals surface area contributed by atoms with Crippen LogP contribution in [0.25, 0.3) is 0 Å². The van der Waals surface area contributed by atoms with Crippen molar-refractivity contribution in [2.45, 2.75) is 64.2 Å². The van der Waals surface area contributed by atoms with Crippen molar-refractivity contribution in [3.8, 4) is 0 Å². The van der Waals surface area contributed by atoms with E-state index in [1.807, 2.05) is 0 Å². The highest BCUT2D eigenvalue weighted by molar-refractivity contribution is 6.31. The third-order valence-electron chi connectivity index (χ3n) is 5.00. The first-order chi connectivity index (χ1) is 14.0. The second-order valence-corrected chi connectivity index (χ2v) is 7.68. The Morgan fingerprint density at radius 3 is 2.53 bits per heavy atom. The van der Waals surface area contributed by atoms with Gasteiger partial charge < -0.3 is 5.32 Å². The van der Waals surface area contributed by atoms with Crippen LogP contribution in [0.5, 0.6) is 0 Å². The summed E-state index contributed by atoms with van der Waals surface area (Å²) in [6.07, 6.45) is -5.33. The van der Waals surface area contributed by atoms with E-state index in [2.05, 4.69) is 15.5 Å². The van der Waals surface area contributed by atoms with Crippen LogP contribution < -0.4 is 5.32 Å². The van der Waals surface area contributed by atoms with Gasteiger partial charge in [-0.15, -0.1) is 0 Å². The fourth-order valence-corrected chi connectivity index (χ4v) is 3.40. The van der Waals surface area contributed by atoms with Gasteiger partial charge in [-0.1, -0.05) is 11.6 Å². The number of hydrogen-bond donors (Lipinski definition) is 1. The number of aryl methyl sites for hydroxylation is 1. The number of nitrogens with zero attached hydrogens (tertiary/aromatic N) is 4. The Balaban J connectivity index is 1.57. The van der Waals surface area contributed by atoms with Crippen molar-refractivity contribution in [1.29, 1.82) is 0 Å². The summed E-state index contributed by atoms with van der Waals surface area (Å²) in [6, 6.07) is 0.210. The largest absolute Gasteiger partial charge is 0.435 e. The van der Waals surface area contributed by atoms with Crippen molar-refractivity contribution < 1.29 is 26.7 Å². The van der Waals surface area contributed by atoms with Gasteiger partial charge in [-0.05, 0) is 39.2 Å². The molecule has 6 nitrogen and oxygen atoms in total. The van der Waals surface area contributed by atoms with E-state index in [0.29, 0.717) is 12.1 Å². The summed E-state index contributed by atoms with van der Waals surface area (Å²) < 4.78 is 67.1. The highest BCUT2D eigenvalue weighted by Crippen LogP contribution is 2.42. The van der Waals surface area contributed by atoms with E-state index in [4.69, 9.17) is 11.6 Å². The Labute approximate surface area is 174 Å². The van der Waals surface area contributed by atoms with Gasteiger partial charge in [0.25, 0.3) is 6.43 Å². The number of amides is 1. The summed E-state index contributed by atoms with van der Waals surface area (Å²) in [4.78, 5) is 12.3. The predicted octanol–water partition coefficient (Wildman–Crippen LogP) is 4.64. The predicted molar refractivity (Wildman–Crippen MR) is 98.5 cm³/mol. The molecular weight excluding hydrogens is 433 g/mol. The Morgan fingerprint density at radius 2 is 2.00 bits per heavy atom. The maximum absolute atomic E-state index is 12.9. The zero-order chi connectivity index (χ0) is 22.2. The average Bonchev–Trinajstić information content (AvgIpc) is 3.34. The van der Waals surface area contributed by atoms with Gasteiger partial charge in [0, 0.05) is 24.7 Å². The van der Waals surface area contributed by atoms with Gasteiger partial charge in [-0.25, -0.2) is 8.78 Å². The van der Waals surface area contributed by atoms with Crippen LogP contribution in [-0.4, -0.2) is 32.0 Å². The SMILES string of the molecule is Cc1c(Cl)c(C(F)F)nn1[C@@H](C)C(=O)NCCCn1nc(C(F)(F)F)cc1C1CC1. The highest BCUT2D eigenvalue weighted by atomic mass is 35.5. The fourth-order valence-electron chi connectivity index (χ4n) is 3.19. The number of carbonyl (C=O) groups excluding carboxylic acids is 1. The molecule has 0 spiro atoms. The van der Waals surface area contributed by atoms with Gasteiger partial charge in [0.2, 0.25) is 5.91 Å². The fraction of sp³-hybridized carbons (Fsp3) is 0.611. The van der Waals surface area contributed by atoms with Crippen LogP contribution in [0.4, 0.5) is 22.0 Å². The second-order valence-electron chi connectivity index (χ2n) is 7.30. The van der Waals surface area contributed by atoms with E-state index < -0.39 is 35.9 Å². The van der Waals surface area contributed by atoms with Gasteiger partial charge in [-0.2, -0.15) is 23.4 Å². The lowest BCUT2D eigenvalue weighted by atomic mass is 10.2. The first-order valence-electron chi connectivity index (χ1n) is 9.46. The van der Waals surface area contributed by atoms with Gasteiger partial charge in [0.15, 0.2) is 5.69 Å². The van der Waals surface area contributed by atoms with E-state index >= 15 is 0 Å². The lowest BCUT2D eigenvalue weighted by molar-refractivity contribution is -0.141. The minimum absolute atomic E-state index is 0.0970. The number of alkyl halides is 5. The average molecular weight is 454 g/mol. The van der Waals surface area contributed by atoms with Crippen molar-refractivity contribution >= 4 is 17.5 Å². The summed E-state index contributed by atoms with van der Waals surface area (Å²) in [5.41, 5.74) is -0.688. The molecular formula is C18H21ClF5N5O. The summed E-state index contributed by atoms with van der Waals surface area (Å²) in [6.45, 7) is 3.39. The molecule has 2 aromatic rings. The maximum Gasteiger partial charge on any atom is 0.435 e. The minimum atomic E-state index is -4.50. The molecule has 0 unspecified atom stereocenters. The van der Waals surface area contributed by atoms with E-state index in [1.165, 1.54) is 18.5 Å². The summed E-state index contributed by atoms with van der Waals surface area (Å²) in [5.74, 6) is -0.364. The molecule has 30 heavy (non-hydrogen) atoms. The molecule has 2 heterocycles. The maximum atomic E-state index is 12.9. The molecule has 0 aromatic carbocycles. The van der Waals surface area contributed by atoms with E-state index in [-0.39, 0.29) is 29.7 Å². The first kappa shape index (κ1) is 22.5. The van der Waals surface area contributed by atoms with Crippen LogP contribution in [0.1, 0.15) is 67.3 Å². The molecule has 3 rings (SSSR count). The van der Waals surface area contributed by atoms with Crippen LogP contribution in [0.2, 0.25) is 5.02 Å². The number of halogens is 6. The zero-order valence-electron chi connectivity index (χ0n) is 16.3. The lowest BCUT2D eigenvalue weighted by Crippen LogP contribution is -2.33.